The molecule has 3 nitrogen and oxygen atoms in total. The van der Waals surface area contributed by atoms with Gasteiger partial charge in [0.1, 0.15) is 17.7 Å². The number of benzene rings is 2. The Balaban J connectivity index is 1.44. The summed E-state index contributed by atoms with van der Waals surface area (Å²) in [6, 6.07) is 14.7. The molecule has 4 heteroatoms. The fourth-order valence-electron chi connectivity index (χ4n) is 2.91. The van der Waals surface area contributed by atoms with Crippen LogP contribution in [0.4, 0.5) is 4.39 Å². The van der Waals surface area contributed by atoms with Gasteiger partial charge in [-0.3, -0.25) is 0 Å². The molecule has 0 fully saturated rings. The molecule has 0 aromatic heterocycles. The van der Waals surface area contributed by atoms with Crippen LogP contribution in [0.2, 0.25) is 0 Å². The van der Waals surface area contributed by atoms with Gasteiger partial charge in [0.2, 0.25) is 0 Å². The van der Waals surface area contributed by atoms with Crippen molar-refractivity contribution in [3.8, 4) is 5.75 Å². The van der Waals surface area contributed by atoms with Gasteiger partial charge in [0, 0.05) is 6.54 Å². The third-order valence-corrected chi connectivity index (χ3v) is 4.22. The van der Waals surface area contributed by atoms with Crippen molar-refractivity contribution >= 4 is 0 Å². The lowest BCUT2D eigenvalue weighted by atomic mass is 9.97. The van der Waals surface area contributed by atoms with E-state index in [2.05, 4.69) is 17.4 Å². The Morgan fingerprint density at radius 1 is 1.22 bits per heavy atom. The highest BCUT2D eigenvalue weighted by atomic mass is 19.1. The monoisotopic (exact) mass is 315 g/mol. The van der Waals surface area contributed by atoms with Gasteiger partial charge < -0.3 is 15.2 Å². The van der Waals surface area contributed by atoms with E-state index in [1.165, 1.54) is 17.7 Å². The predicted octanol–water partition coefficient (Wildman–Crippen LogP) is 3.06. The summed E-state index contributed by atoms with van der Waals surface area (Å²) in [5, 5.41) is 13.6. The highest BCUT2D eigenvalue weighted by Gasteiger charge is 2.26. The molecule has 2 aromatic rings. The minimum atomic E-state index is -0.517. The molecule has 0 amide bonds. The molecule has 2 unspecified atom stereocenters. The van der Waals surface area contributed by atoms with Gasteiger partial charge in [-0.25, -0.2) is 4.39 Å². The highest BCUT2D eigenvalue weighted by molar-refractivity contribution is 5.35. The molecule has 2 aromatic carbocycles. The number of hydrogen-bond donors (Lipinski definition) is 2. The lowest BCUT2D eigenvalue weighted by Crippen LogP contribution is -2.36. The summed E-state index contributed by atoms with van der Waals surface area (Å²) >= 11 is 0. The molecular weight excluding hydrogens is 293 g/mol. The Hall–Kier alpha value is -1.91. The van der Waals surface area contributed by atoms with Crippen LogP contribution in [0.15, 0.2) is 48.5 Å². The number of aliphatic hydroxyl groups excluding tert-OH is 1. The van der Waals surface area contributed by atoms with Gasteiger partial charge >= 0.3 is 0 Å². The van der Waals surface area contributed by atoms with Crippen molar-refractivity contribution in [3.05, 3.63) is 65.5 Å². The molecule has 0 saturated heterocycles. The first-order valence-electron chi connectivity index (χ1n) is 8.10. The molecule has 0 saturated carbocycles. The van der Waals surface area contributed by atoms with Crippen LogP contribution in [0.5, 0.6) is 5.75 Å². The van der Waals surface area contributed by atoms with Gasteiger partial charge in [-0.05, 0) is 55.1 Å². The van der Waals surface area contributed by atoms with E-state index in [9.17, 15) is 9.50 Å². The quantitative estimate of drug-likeness (QED) is 0.805. The van der Waals surface area contributed by atoms with Crippen molar-refractivity contribution in [3.63, 3.8) is 0 Å². The standard InChI is InChI=1S/C19H22FNO2/c20-16-7-9-18-15(12-16)6-8-19(23-18)17(22)10-11-21-13-14-4-2-1-3-5-14/h1-5,7,9,12,17,19,21-22H,6,8,10-11,13H2. The topological polar surface area (TPSA) is 41.5 Å². The lowest BCUT2D eigenvalue weighted by Gasteiger charge is -2.29. The summed E-state index contributed by atoms with van der Waals surface area (Å²) in [4.78, 5) is 0. The van der Waals surface area contributed by atoms with E-state index < -0.39 is 6.10 Å². The van der Waals surface area contributed by atoms with E-state index in [1.54, 1.807) is 6.07 Å². The van der Waals surface area contributed by atoms with E-state index >= 15 is 0 Å². The fourth-order valence-corrected chi connectivity index (χ4v) is 2.91. The van der Waals surface area contributed by atoms with Gasteiger partial charge in [-0.1, -0.05) is 30.3 Å². The second-order valence-corrected chi connectivity index (χ2v) is 5.97. The number of aryl methyl sites for hydroxylation is 1. The van der Waals surface area contributed by atoms with Crippen LogP contribution in [-0.4, -0.2) is 23.9 Å². The zero-order chi connectivity index (χ0) is 16.1. The van der Waals surface area contributed by atoms with Crippen LogP contribution in [0.25, 0.3) is 0 Å². The van der Waals surface area contributed by atoms with Crippen LogP contribution in [-0.2, 0) is 13.0 Å². The third kappa shape index (κ3) is 4.30. The van der Waals surface area contributed by atoms with Crippen molar-refractivity contribution in [2.24, 2.45) is 0 Å². The maximum atomic E-state index is 13.2. The molecule has 23 heavy (non-hydrogen) atoms. The molecule has 0 spiro atoms. The number of fused-ring (bicyclic) bond motifs is 1. The van der Waals surface area contributed by atoms with Crippen molar-refractivity contribution in [2.45, 2.75) is 38.0 Å². The molecule has 0 radical (unpaired) electrons. The normalized spacial score (nSPS) is 18.1. The number of rotatable bonds is 6. The van der Waals surface area contributed by atoms with Gasteiger partial charge in [0.05, 0.1) is 6.10 Å². The van der Waals surface area contributed by atoms with Gasteiger partial charge in [0.25, 0.3) is 0 Å². The van der Waals surface area contributed by atoms with E-state index in [0.717, 1.165) is 31.5 Å². The predicted molar refractivity (Wildman–Crippen MR) is 87.9 cm³/mol. The van der Waals surface area contributed by atoms with Crippen molar-refractivity contribution < 1.29 is 14.2 Å². The van der Waals surface area contributed by atoms with Crippen LogP contribution < -0.4 is 10.1 Å². The lowest BCUT2D eigenvalue weighted by molar-refractivity contribution is 0.0192. The van der Waals surface area contributed by atoms with Crippen LogP contribution in [0.1, 0.15) is 24.0 Å². The maximum Gasteiger partial charge on any atom is 0.125 e. The van der Waals surface area contributed by atoms with Crippen molar-refractivity contribution in [1.82, 2.24) is 5.32 Å². The van der Waals surface area contributed by atoms with Crippen molar-refractivity contribution in [1.29, 1.82) is 0 Å². The second kappa shape index (κ2) is 7.57. The van der Waals surface area contributed by atoms with Crippen LogP contribution >= 0.6 is 0 Å². The molecule has 0 aliphatic carbocycles. The summed E-state index contributed by atoms with van der Waals surface area (Å²) in [5.74, 6) is 0.454. The molecule has 3 rings (SSSR count). The zero-order valence-electron chi connectivity index (χ0n) is 13.0. The Kier molecular flexibility index (Phi) is 5.26. The molecule has 2 N–H and O–H groups in total. The number of nitrogens with one attached hydrogen (secondary N) is 1. The second-order valence-electron chi connectivity index (χ2n) is 5.97. The Labute approximate surface area is 136 Å². The first-order chi connectivity index (χ1) is 11.2. The zero-order valence-corrected chi connectivity index (χ0v) is 13.0. The number of aliphatic hydroxyl groups is 1. The summed E-state index contributed by atoms with van der Waals surface area (Å²) in [6.45, 7) is 1.52. The molecule has 122 valence electrons. The largest absolute Gasteiger partial charge is 0.487 e. The molecule has 1 aliphatic heterocycles. The van der Waals surface area contributed by atoms with Gasteiger partial charge in [-0.15, -0.1) is 0 Å². The summed E-state index contributed by atoms with van der Waals surface area (Å²) in [7, 11) is 0. The number of hydrogen-bond acceptors (Lipinski definition) is 3. The molecule has 0 bridgehead atoms. The molecule has 1 aliphatic rings. The van der Waals surface area contributed by atoms with Crippen molar-refractivity contribution in [2.75, 3.05) is 6.54 Å². The summed E-state index contributed by atoms with van der Waals surface area (Å²) in [6.07, 6.45) is 1.36. The maximum absolute atomic E-state index is 13.2. The van der Waals surface area contributed by atoms with Gasteiger partial charge in [-0.2, -0.15) is 0 Å². The summed E-state index contributed by atoms with van der Waals surface area (Å²) < 4.78 is 19.0. The highest BCUT2D eigenvalue weighted by Crippen LogP contribution is 2.29. The average molecular weight is 315 g/mol. The molecule has 1 heterocycles. The fraction of sp³-hybridized carbons (Fsp3) is 0.368. The first-order valence-corrected chi connectivity index (χ1v) is 8.10. The Morgan fingerprint density at radius 2 is 2.04 bits per heavy atom. The van der Waals surface area contributed by atoms with E-state index in [1.807, 2.05) is 18.2 Å². The molecular formula is C19H22FNO2. The van der Waals surface area contributed by atoms with Crippen LogP contribution in [0, 0.1) is 5.82 Å². The van der Waals surface area contributed by atoms with E-state index in [4.69, 9.17) is 4.74 Å². The smallest absolute Gasteiger partial charge is 0.125 e. The summed E-state index contributed by atoms with van der Waals surface area (Å²) in [5.41, 5.74) is 2.11. The SMILES string of the molecule is OC(CCNCc1ccccc1)C1CCc2cc(F)ccc2O1. The average Bonchev–Trinajstić information content (AvgIpc) is 2.59. The minimum absolute atomic E-state index is 0.216. The van der Waals surface area contributed by atoms with Gasteiger partial charge in [0.15, 0.2) is 0 Å². The minimum Gasteiger partial charge on any atom is -0.487 e. The Morgan fingerprint density at radius 3 is 2.87 bits per heavy atom. The first kappa shape index (κ1) is 16.0. The third-order valence-electron chi connectivity index (χ3n) is 4.22. The molecule has 2 atom stereocenters. The Bertz CT molecular complexity index is 633. The van der Waals surface area contributed by atoms with Crippen LogP contribution in [0.3, 0.4) is 0 Å². The van der Waals surface area contributed by atoms with E-state index in [-0.39, 0.29) is 11.9 Å². The number of halogens is 1. The number of ether oxygens (including phenoxy) is 1. The van der Waals surface area contributed by atoms with E-state index in [0.29, 0.717) is 12.2 Å².